The van der Waals surface area contributed by atoms with Crippen LogP contribution in [0.15, 0.2) is 0 Å². The third kappa shape index (κ3) is 23.1. The lowest BCUT2D eigenvalue weighted by molar-refractivity contribution is -0.120. The van der Waals surface area contributed by atoms with Crippen molar-refractivity contribution in [1.82, 2.24) is 0 Å². The highest BCUT2D eigenvalue weighted by Crippen LogP contribution is 1.89. The van der Waals surface area contributed by atoms with Crippen molar-refractivity contribution in [2.45, 2.75) is 33.6 Å². The molecule has 0 aliphatic rings. The Morgan fingerprint density at radius 3 is 1.31 bits per heavy atom. The molecule has 0 saturated heterocycles. The van der Waals surface area contributed by atoms with Crippen LogP contribution < -0.4 is 11.5 Å². The van der Waals surface area contributed by atoms with Crippen LogP contribution in [0.1, 0.15) is 33.6 Å². The van der Waals surface area contributed by atoms with Gasteiger partial charge in [-0.3, -0.25) is 4.79 Å². The van der Waals surface area contributed by atoms with Crippen molar-refractivity contribution < 1.29 is 14.4 Å². The molecule has 0 spiro atoms. The summed E-state index contributed by atoms with van der Waals surface area (Å²) in [6.07, 6.45) is 3.03. The Hall–Kier alpha value is -1.07. The van der Waals surface area contributed by atoms with Crippen molar-refractivity contribution in [2.75, 3.05) is 13.1 Å². The molecule has 0 rings (SSSR count). The molecule has 5 nitrogen and oxygen atoms in total. The number of carbonyl (C=O) groups excluding carboxylic acids is 3. The Bertz CT molecular complexity index is 161. The minimum atomic E-state index is -0.130. The molecule has 0 aromatic carbocycles. The van der Waals surface area contributed by atoms with Crippen LogP contribution in [0.5, 0.6) is 0 Å². The molecule has 0 aromatic heterocycles. The second-order valence-electron chi connectivity index (χ2n) is 2.93. The molecule has 0 bridgehead atoms. The van der Waals surface area contributed by atoms with Gasteiger partial charge in [-0.25, -0.2) is 0 Å². The molecule has 0 radical (unpaired) electrons. The Morgan fingerprint density at radius 2 is 1.31 bits per heavy atom. The summed E-state index contributed by atoms with van der Waals surface area (Å²) in [5.74, 6) is -0.0509. The number of rotatable bonds is 5. The molecule has 0 heterocycles. The lowest BCUT2D eigenvalue weighted by atomic mass is 10.1. The number of aldehydes is 2. The molecule has 0 saturated carbocycles. The van der Waals surface area contributed by atoms with E-state index in [4.69, 9.17) is 11.5 Å². The first kappa shape index (κ1) is 20.4. The fraction of sp³-hybridized carbons (Fsp3) is 0.727. The number of nitrogens with two attached hydrogens (primary N) is 2. The molecular formula is C11H24N2O3. The highest BCUT2D eigenvalue weighted by Gasteiger charge is 2.07. The Labute approximate surface area is 97.6 Å². The lowest BCUT2D eigenvalue weighted by Crippen LogP contribution is -2.28. The van der Waals surface area contributed by atoms with Gasteiger partial charge < -0.3 is 21.1 Å². The van der Waals surface area contributed by atoms with Gasteiger partial charge in [0, 0.05) is 31.8 Å². The van der Waals surface area contributed by atoms with Crippen molar-refractivity contribution >= 4 is 18.4 Å². The number of Topliss-reactive ketones (excluding diaryl/α,β-unsaturated/α-hetero) is 1. The van der Waals surface area contributed by atoms with Crippen LogP contribution in [0.2, 0.25) is 0 Å². The minimum absolute atomic E-state index is 0.0787. The van der Waals surface area contributed by atoms with Gasteiger partial charge in [-0.2, -0.15) is 0 Å². The first-order valence-electron chi connectivity index (χ1n) is 5.33. The molecule has 0 aromatic rings. The summed E-state index contributed by atoms with van der Waals surface area (Å²) in [4.78, 5) is 28.8. The quantitative estimate of drug-likeness (QED) is 0.663. The van der Waals surface area contributed by atoms with E-state index < -0.39 is 0 Å². The van der Waals surface area contributed by atoms with E-state index in [1.54, 1.807) is 0 Å². The number of hydrogen-bond donors (Lipinski definition) is 2. The van der Waals surface area contributed by atoms with Crippen LogP contribution in [-0.4, -0.2) is 31.4 Å². The number of carbonyl (C=O) groups is 3. The SMILES string of the molecule is CC(=O)C(CN)CN.CCC=O.CCC=O. The van der Waals surface area contributed by atoms with Crippen LogP contribution >= 0.6 is 0 Å². The van der Waals surface area contributed by atoms with Crippen LogP contribution in [0.4, 0.5) is 0 Å². The van der Waals surface area contributed by atoms with Crippen LogP contribution in [0.25, 0.3) is 0 Å². The molecule has 0 atom stereocenters. The predicted octanol–water partition coefficient (Wildman–Crippen LogP) is 0.300. The molecule has 5 heteroatoms. The maximum absolute atomic E-state index is 10.4. The van der Waals surface area contributed by atoms with Gasteiger partial charge in [0.25, 0.3) is 0 Å². The topological polar surface area (TPSA) is 103 Å². The second-order valence-corrected chi connectivity index (χ2v) is 2.93. The fourth-order valence-electron chi connectivity index (χ4n) is 0.428. The molecule has 0 aliphatic heterocycles. The zero-order chi connectivity index (χ0) is 13.4. The first-order valence-corrected chi connectivity index (χ1v) is 5.33. The van der Waals surface area contributed by atoms with Gasteiger partial charge >= 0.3 is 0 Å². The molecular weight excluding hydrogens is 208 g/mol. The average Bonchev–Trinajstić information content (AvgIpc) is 2.31. The van der Waals surface area contributed by atoms with Crippen molar-refractivity contribution in [2.24, 2.45) is 17.4 Å². The molecule has 4 N–H and O–H groups in total. The summed E-state index contributed by atoms with van der Waals surface area (Å²) in [7, 11) is 0. The zero-order valence-corrected chi connectivity index (χ0v) is 10.4. The van der Waals surface area contributed by atoms with Gasteiger partial charge in [0.05, 0.1) is 0 Å². The molecule has 0 unspecified atom stereocenters. The normalized spacial score (nSPS) is 8.12. The third-order valence-corrected chi connectivity index (χ3v) is 1.48. The molecule has 96 valence electrons. The predicted molar refractivity (Wildman–Crippen MR) is 65.0 cm³/mol. The Balaban J connectivity index is -0.000000179. The summed E-state index contributed by atoms with van der Waals surface area (Å²) in [5.41, 5.74) is 10.4. The van der Waals surface area contributed by atoms with E-state index in [2.05, 4.69) is 0 Å². The maximum Gasteiger partial charge on any atom is 0.135 e. The first-order chi connectivity index (χ1) is 7.55. The van der Waals surface area contributed by atoms with E-state index in [1.165, 1.54) is 6.92 Å². The Morgan fingerprint density at radius 1 is 1.06 bits per heavy atom. The van der Waals surface area contributed by atoms with Gasteiger partial charge in [0.15, 0.2) is 0 Å². The zero-order valence-electron chi connectivity index (χ0n) is 10.4. The van der Waals surface area contributed by atoms with E-state index in [-0.39, 0.29) is 11.7 Å². The fourth-order valence-corrected chi connectivity index (χ4v) is 0.428. The smallest absolute Gasteiger partial charge is 0.135 e. The summed E-state index contributed by atoms with van der Waals surface area (Å²) in [6, 6.07) is 0. The lowest BCUT2D eigenvalue weighted by Gasteiger charge is -2.04. The highest BCUT2D eigenvalue weighted by molar-refractivity contribution is 5.78. The van der Waals surface area contributed by atoms with Gasteiger partial charge in [0.1, 0.15) is 18.4 Å². The third-order valence-electron chi connectivity index (χ3n) is 1.48. The highest BCUT2D eigenvalue weighted by atomic mass is 16.1. The van der Waals surface area contributed by atoms with E-state index >= 15 is 0 Å². The van der Waals surface area contributed by atoms with Crippen molar-refractivity contribution in [3.05, 3.63) is 0 Å². The minimum Gasteiger partial charge on any atom is -0.330 e. The monoisotopic (exact) mass is 232 g/mol. The average molecular weight is 232 g/mol. The maximum atomic E-state index is 10.4. The van der Waals surface area contributed by atoms with E-state index in [9.17, 15) is 14.4 Å². The van der Waals surface area contributed by atoms with E-state index in [1.807, 2.05) is 13.8 Å². The summed E-state index contributed by atoms with van der Waals surface area (Å²) < 4.78 is 0. The van der Waals surface area contributed by atoms with Gasteiger partial charge in [-0.1, -0.05) is 13.8 Å². The van der Waals surface area contributed by atoms with Gasteiger partial charge in [-0.05, 0) is 6.92 Å². The molecule has 0 aliphatic carbocycles. The second kappa shape index (κ2) is 19.5. The molecule has 0 fully saturated rings. The van der Waals surface area contributed by atoms with Crippen LogP contribution in [-0.2, 0) is 14.4 Å². The van der Waals surface area contributed by atoms with Gasteiger partial charge in [-0.15, -0.1) is 0 Å². The van der Waals surface area contributed by atoms with Crippen molar-refractivity contribution in [3.63, 3.8) is 0 Å². The number of ketones is 1. The van der Waals surface area contributed by atoms with Gasteiger partial charge in [0.2, 0.25) is 0 Å². The summed E-state index contributed by atoms with van der Waals surface area (Å²) >= 11 is 0. The van der Waals surface area contributed by atoms with E-state index in [0.717, 1.165) is 12.6 Å². The molecule has 0 amide bonds. The van der Waals surface area contributed by atoms with Crippen molar-refractivity contribution in [1.29, 1.82) is 0 Å². The molecule has 16 heavy (non-hydrogen) atoms. The standard InChI is InChI=1S/C5H12N2O.2C3H6O/c1-4(8)5(2-6)3-7;2*1-2-3-4/h5H,2-3,6-7H2,1H3;2*3H,2H2,1H3. The number of hydrogen-bond acceptors (Lipinski definition) is 5. The van der Waals surface area contributed by atoms with Crippen LogP contribution in [0, 0.1) is 5.92 Å². The van der Waals surface area contributed by atoms with Crippen molar-refractivity contribution in [3.8, 4) is 0 Å². The van der Waals surface area contributed by atoms with E-state index in [0.29, 0.717) is 25.9 Å². The Kier molecular flexibility index (Phi) is 24.8. The summed E-state index contributed by atoms with van der Waals surface area (Å²) in [6.45, 7) is 5.86. The summed E-state index contributed by atoms with van der Waals surface area (Å²) in [5, 5.41) is 0. The largest absolute Gasteiger partial charge is 0.330 e. The van der Waals surface area contributed by atoms with Crippen LogP contribution in [0.3, 0.4) is 0 Å².